The van der Waals surface area contributed by atoms with Crippen LogP contribution in [0.4, 0.5) is 11.4 Å². The van der Waals surface area contributed by atoms with Gasteiger partial charge in [0.05, 0.1) is 30.6 Å². The summed E-state index contributed by atoms with van der Waals surface area (Å²) < 4.78 is 33.0. The van der Waals surface area contributed by atoms with Crippen molar-refractivity contribution in [1.29, 1.82) is 0 Å². The maximum Gasteiger partial charge on any atom is 0.271 e. The molecule has 1 heterocycles. The molecular formula is C17H10Cl3N3O5S. The van der Waals surface area contributed by atoms with Gasteiger partial charge in [0.2, 0.25) is 0 Å². The fourth-order valence-corrected chi connectivity index (χ4v) is 4.24. The van der Waals surface area contributed by atoms with E-state index in [0.717, 1.165) is 18.2 Å². The Bertz CT molecular complexity index is 1170. The van der Waals surface area contributed by atoms with Gasteiger partial charge in [0, 0.05) is 24.5 Å². The Kier molecular flexibility index (Phi) is 6.13. The predicted octanol–water partition coefficient (Wildman–Crippen LogP) is 5.54. The molecule has 0 spiro atoms. The van der Waals surface area contributed by atoms with Crippen LogP contribution in [0.25, 0.3) is 0 Å². The van der Waals surface area contributed by atoms with Gasteiger partial charge in [-0.3, -0.25) is 19.8 Å². The van der Waals surface area contributed by atoms with Crippen molar-refractivity contribution < 1.29 is 18.1 Å². The Hall–Kier alpha value is -2.59. The average Bonchev–Trinajstić information content (AvgIpc) is 2.65. The summed E-state index contributed by atoms with van der Waals surface area (Å²) in [4.78, 5) is 13.8. The third-order valence-corrected chi connectivity index (χ3v) is 5.77. The number of pyridine rings is 1. The second-order valence-corrected chi connectivity index (χ2v) is 8.44. The van der Waals surface area contributed by atoms with Crippen molar-refractivity contribution in [3.05, 3.63) is 80.0 Å². The predicted molar refractivity (Wildman–Crippen MR) is 110 cm³/mol. The summed E-state index contributed by atoms with van der Waals surface area (Å²) in [6, 6.07) is 8.86. The number of nitro benzene ring substituents is 1. The van der Waals surface area contributed by atoms with Gasteiger partial charge in [0.15, 0.2) is 5.75 Å². The first-order chi connectivity index (χ1) is 13.7. The molecule has 0 atom stereocenters. The number of non-ortho nitro benzene ring substituents is 1. The Balaban J connectivity index is 1.91. The third-order valence-electron chi connectivity index (χ3n) is 3.55. The Labute approximate surface area is 180 Å². The van der Waals surface area contributed by atoms with E-state index in [1.54, 1.807) is 0 Å². The highest BCUT2D eigenvalue weighted by Crippen LogP contribution is 2.41. The molecular weight excluding hydrogens is 465 g/mol. The molecule has 1 N–H and O–H groups in total. The van der Waals surface area contributed by atoms with Gasteiger partial charge in [-0.25, -0.2) is 8.42 Å². The molecule has 0 amide bonds. The van der Waals surface area contributed by atoms with Gasteiger partial charge in [-0.2, -0.15) is 0 Å². The highest BCUT2D eigenvalue weighted by Gasteiger charge is 2.21. The molecule has 3 aromatic rings. The summed E-state index contributed by atoms with van der Waals surface area (Å²) >= 11 is 18.3. The molecule has 2 aromatic carbocycles. The van der Waals surface area contributed by atoms with Gasteiger partial charge in [-0.15, -0.1) is 0 Å². The van der Waals surface area contributed by atoms with Crippen LogP contribution in [0.3, 0.4) is 0 Å². The van der Waals surface area contributed by atoms with Gasteiger partial charge in [0.1, 0.15) is 5.75 Å². The standard InChI is InChI=1S/C17H10Cl3N3O5S/c18-13-7-11(23(24)25)1-2-16(13)28-17-14(19)8-12(9-15(17)20)29(26,27)22-10-3-5-21-6-4-10/h1-9H,(H,21,22). The average molecular weight is 475 g/mol. The highest BCUT2D eigenvalue weighted by molar-refractivity contribution is 7.92. The summed E-state index contributed by atoms with van der Waals surface area (Å²) in [6.45, 7) is 0. The number of nitro groups is 1. The molecule has 0 fully saturated rings. The van der Waals surface area contributed by atoms with Crippen LogP contribution in [0.5, 0.6) is 11.5 Å². The van der Waals surface area contributed by atoms with E-state index < -0.39 is 14.9 Å². The first-order valence-corrected chi connectivity index (χ1v) is 10.3. The van der Waals surface area contributed by atoms with Gasteiger partial charge in [0.25, 0.3) is 15.7 Å². The number of aromatic nitrogens is 1. The number of nitrogens with one attached hydrogen (secondary N) is 1. The normalized spacial score (nSPS) is 11.1. The quantitative estimate of drug-likeness (QED) is 0.371. The van der Waals surface area contributed by atoms with Gasteiger partial charge < -0.3 is 4.74 Å². The first-order valence-electron chi connectivity index (χ1n) is 7.71. The van der Waals surface area contributed by atoms with E-state index in [0.29, 0.717) is 5.69 Å². The molecule has 0 aliphatic heterocycles. The minimum atomic E-state index is -3.97. The summed E-state index contributed by atoms with van der Waals surface area (Å²) in [5.41, 5.74) is 0.0911. The van der Waals surface area contributed by atoms with Gasteiger partial charge >= 0.3 is 0 Å². The fourth-order valence-electron chi connectivity index (χ4n) is 2.22. The Morgan fingerprint density at radius 1 is 0.966 bits per heavy atom. The summed E-state index contributed by atoms with van der Waals surface area (Å²) in [7, 11) is -3.97. The molecule has 0 unspecified atom stereocenters. The molecule has 29 heavy (non-hydrogen) atoms. The molecule has 150 valence electrons. The number of sulfonamides is 1. The number of anilines is 1. The number of nitrogens with zero attached hydrogens (tertiary/aromatic N) is 2. The van der Waals surface area contributed by atoms with E-state index in [-0.39, 0.29) is 37.1 Å². The lowest BCUT2D eigenvalue weighted by atomic mass is 10.3. The van der Waals surface area contributed by atoms with Crippen molar-refractivity contribution >= 4 is 56.2 Å². The second kappa shape index (κ2) is 8.42. The van der Waals surface area contributed by atoms with Crippen LogP contribution in [0, 0.1) is 10.1 Å². The molecule has 0 saturated heterocycles. The summed E-state index contributed by atoms with van der Waals surface area (Å²) in [5, 5.41) is 10.6. The van der Waals surface area contributed by atoms with E-state index in [1.165, 1.54) is 36.7 Å². The highest BCUT2D eigenvalue weighted by atomic mass is 35.5. The minimum absolute atomic E-state index is 0.0395. The minimum Gasteiger partial charge on any atom is -0.453 e. The number of hydrogen-bond acceptors (Lipinski definition) is 6. The molecule has 0 aliphatic carbocycles. The van der Waals surface area contributed by atoms with Gasteiger partial charge in [-0.05, 0) is 30.3 Å². The van der Waals surface area contributed by atoms with Crippen molar-refractivity contribution in [2.45, 2.75) is 4.90 Å². The summed E-state index contributed by atoms with van der Waals surface area (Å²) in [6.07, 6.45) is 2.87. The van der Waals surface area contributed by atoms with Crippen molar-refractivity contribution in [3.63, 3.8) is 0 Å². The lowest BCUT2D eigenvalue weighted by Crippen LogP contribution is -2.13. The monoisotopic (exact) mass is 473 g/mol. The smallest absolute Gasteiger partial charge is 0.271 e. The maximum absolute atomic E-state index is 12.6. The molecule has 0 aliphatic rings. The lowest BCUT2D eigenvalue weighted by Gasteiger charge is -2.13. The van der Waals surface area contributed by atoms with E-state index in [9.17, 15) is 18.5 Å². The zero-order chi connectivity index (χ0) is 21.2. The van der Waals surface area contributed by atoms with Crippen molar-refractivity contribution in [3.8, 4) is 11.5 Å². The van der Waals surface area contributed by atoms with Crippen molar-refractivity contribution in [1.82, 2.24) is 4.98 Å². The van der Waals surface area contributed by atoms with Crippen LogP contribution in [-0.2, 0) is 10.0 Å². The number of ether oxygens (including phenoxy) is 1. The van der Waals surface area contributed by atoms with Crippen LogP contribution in [-0.4, -0.2) is 18.3 Å². The Morgan fingerprint density at radius 2 is 1.59 bits per heavy atom. The molecule has 0 saturated carbocycles. The maximum atomic E-state index is 12.6. The van der Waals surface area contributed by atoms with E-state index >= 15 is 0 Å². The molecule has 3 rings (SSSR count). The topological polar surface area (TPSA) is 111 Å². The number of rotatable bonds is 6. The number of benzene rings is 2. The molecule has 12 heteroatoms. The lowest BCUT2D eigenvalue weighted by molar-refractivity contribution is -0.384. The van der Waals surface area contributed by atoms with Crippen LogP contribution >= 0.6 is 34.8 Å². The zero-order valence-corrected chi connectivity index (χ0v) is 17.3. The summed E-state index contributed by atoms with van der Waals surface area (Å²) in [5.74, 6) is 0.0125. The molecule has 1 aromatic heterocycles. The van der Waals surface area contributed by atoms with Crippen LogP contribution in [0.1, 0.15) is 0 Å². The van der Waals surface area contributed by atoms with E-state index in [1.807, 2.05) is 0 Å². The number of hydrogen-bond donors (Lipinski definition) is 1. The largest absolute Gasteiger partial charge is 0.453 e. The molecule has 0 radical (unpaired) electrons. The van der Waals surface area contributed by atoms with E-state index in [2.05, 4.69) is 9.71 Å². The zero-order valence-electron chi connectivity index (χ0n) is 14.2. The van der Waals surface area contributed by atoms with Crippen LogP contribution in [0.15, 0.2) is 59.8 Å². The van der Waals surface area contributed by atoms with Gasteiger partial charge in [-0.1, -0.05) is 34.8 Å². The molecule has 8 nitrogen and oxygen atoms in total. The van der Waals surface area contributed by atoms with Crippen LogP contribution in [0.2, 0.25) is 15.1 Å². The third kappa shape index (κ3) is 4.88. The number of halogens is 3. The fraction of sp³-hybridized carbons (Fsp3) is 0. The van der Waals surface area contributed by atoms with Crippen molar-refractivity contribution in [2.75, 3.05) is 4.72 Å². The first kappa shape index (κ1) is 21.1. The SMILES string of the molecule is O=[N+]([O-])c1ccc(Oc2c(Cl)cc(S(=O)(=O)Nc3ccncc3)cc2Cl)c(Cl)c1. The van der Waals surface area contributed by atoms with E-state index in [4.69, 9.17) is 39.5 Å². The second-order valence-electron chi connectivity index (χ2n) is 5.53. The van der Waals surface area contributed by atoms with Crippen molar-refractivity contribution in [2.24, 2.45) is 0 Å². The molecule has 0 bridgehead atoms. The van der Waals surface area contributed by atoms with Crippen LogP contribution < -0.4 is 9.46 Å². The Morgan fingerprint density at radius 3 is 2.14 bits per heavy atom.